The van der Waals surface area contributed by atoms with Crippen LogP contribution in [0.5, 0.6) is 11.5 Å². The summed E-state index contributed by atoms with van der Waals surface area (Å²) >= 11 is 0. The lowest BCUT2D eigenvalue weighted by molar-refractivity contribution is -0.128. The summed E-state index contributed by atoms with van der Waals surface area (Å²) in [7, 11) is 1.56. The summed E-state index contributed by atoms with van der Waals surface area (Å²) in [6, 6.07) is 14.5. The molecule has 2 N–H and O–H groups in total. The van der Waals surface area contributed by atoms with Crippen LogP contribution in [0.15, 0.2) is 59.1 Å². The van der Waals surface area contributed by atoms with E-state index in [1.54, 1.807) is 68.6 Å². The molecule has 0 unspecified atom stereocenters. The first-order valence-electron chi connectivity index (χ1n) is 13.3. The molecule has 3 amide bonds. The van der Waals surface area contributed by atoms with Gasteiger partial charge in [-0.3, -0.25) is 19.3 Å². The number of anilines is 2. The molecule has 0 aliphatic carbocycles. The number of aryl methyl sites for hydroxylation is 1. The molecule has 1 heterocycles. The predicted molar refractivity (Wildman–Crippen MR) is 152 cm³/mol. The van der Waals surface area contributed by atoms with Crippen molar-refractivity contribution in [3.63, 3.8) is 0 Å². The van der Waals surface area contributed by atoms with E-state index in [-0.39, 0.29) is 24.6 Å². The molecule has 0 saturated heterocycles. The minimum Gasteiger partial charge on any atom is -0.497 e. The maximum absolute atomic E-state index is 13.9. The van der Waals surface area contributed by atoms with Gasteiger partial charge >= 0.3 is 0 Å². The summed E-state index contributed by atoms with van der Waals surface area (Å²) in [5, 5.41) is 9.47. The molecule has 1 atom stereocenters. The second-order valence-corrected chi connectivity index (χ2v) is 9.96. The van der Waals surface area contributed by atoms with Crippen molar-refractivity contribution < 1.29 is 28.4 Å². The van der Waals surface area contributed by atoms with Crippen LogP contribution in [0.2, 0.25) is 0 Å². The molecule has 0 saturated carbocycles. The van der Waals surface area contributed by atoms with Gasteiger partial charge in [0.05, 0.1) is 13.7 Å². The number of hydrogen-bond donors (Lipinski definition) is 2. The Labute approximate surface area is 235 Å². The first kappa shape index (κ1) is 30.2. The molecular weight excluding hydrogens is 512 g/mol. The van der Waals surface area contributed by atoms with Crippen molar-refractivity contribution in [2.45, 2.75) is 65.5 Å². The van der Waals surface area contributed by atoms with Gasteiger partial charge in [-0.1, -0.05) is 24.2 Å². The Bertz CT molecular complexity index is 1280. The third-order valence-electron chi connectivity index (χ3n) is 6.44. The lowest BCUT2D eigenvalue weighted by atomic mass is 9.97. The number of rotatable bonds is 13. The fraction of sp³-hybridized carbons (Fsp3) is 0.400. The van der Waals surface area contributed by atoms with Gasteiger partial charge in [0.2, 0.25) is 17.7 Å². The summed E-state index contributed by atoms with van der Waals surface area (Å²) in [5.74, 6) is 0.939. The summed E-state index contributed by atoms with van der Waals surface area (Å²) in [4.78, 5) is 41.8. The molecule has 10 nitrogen and oxygen atoms in total. The third kappa shape index (κ3) is 8.08. The normalized spacial score (nSPS) is 11.8. The molecule has 40 heavy (non-hydrogen) atoms. The number of nitrogens with one attached hydrogen (secondary N) is 2. The Morgan fingerprint density at radius 1 is 1.00 bits per heavy atom. The van der Waals surface area contributed by atoms with Crippen LogP contribution < -0.4 is 25.0 Å². The predicted octanol–water partition coefficient (Wildman–Crippen LogP) is 5.19. The summed E-state index contributed by atoms with van der Waals surface area (Å²) in [5.41, 5.74) is 0.575. The van der Waals surface area contributed by atoms with Gasteiger partial charge in [-0.25, -0.2) is 0 Å². The maximum Gasteiger partial charge on any atom is 0.248 e. The van der Waals surface area contributed by atoms with Gasteiger partial charge in [0.1, 0.15) is 23.3 Å². The average Bonchev–Trinajstić information content (AvgIpc) is 3.35. The Morgan fingerprint density at radius 2 is 1.65 bits per heavy atom. The molecule has 0 aliphatic rings. The Morgan fingerprint density at radius 3 is 2.20 bits per heavy atom. The van der Waals surface area contributed by atoms with Crippen molar-refractivity contribution in [1.82, 2.24) is 10.5 Å². The number of aromatic nitrogens is 1. The topological polar surface area (TPSA) is 123 Å². The molecule has 1 aromatic heterocycles. The number of nitrogens with zero attached hydrogens (tertiary/aromatic N) is 2. The Kier molecular flexibility index (Phi) is 10.3. The molecule has 0 spiro atoms. The van der Waals surface area contributed by atoms with E-state index in [0.717, 1.165) is 0 Å². The van der Waals surface area contributed by atoms with Crippen molar-refractivity contribution >= 4 is 29.2 Å². The number of carbonyl (C=O) groups excluding carboxylic acids is 3. The highest BCUT2D eigenvalue weighted by molar-refractivity contribution is 6.03. The highest BCUT2D eigenvalue weighted by Gasteiger charge is 2.35. The zero-order valence-electron chi connectivity index (χ0n) is 23.9. The fourth-order valence-electron chi connectivity index (χ4n) is 3.97. The highest BCUT2D eigenvalue weighted by Crippen LogP contribution is 2.32. The van der Waals surface area contributed by atoms with Crippen molar-refractivity contribution in [2.24, 2.45) is 0 Å². The minimum absolute atomic E-state index is 0.115. The first-order valence-corrected chi connectivity index (χ1v) is 13.3. The van der Waals surface area contributed by atoms with E-state index >= 15 is 0 Å². The molecule has 0 bridgehead atoms. The fourth-order valence-corrected chi connectivity index (χ4v) is 3.97. The van der Waals surface area contributed by atoms with Gasteiger partial charge in [0.25, 0.3) is 0 Å². The van der Waals surface area contributed by atoms with Crippen molar-refractivity contribution in [1.29, 1.82) is 0 Å². The monoisotopic (exact) mass is 550 g/mol. The first-order chi connectivity index (χ1) is 19.1. The quantitative estimate of drug-likeness (QED) is 0.300. The number of benzene rings is 2. The van der Waals surface area contributed by atoms with E-state index in [2.05, 4.69) is 15.8 Å². The van der Waals surface area contributed by atoms with Crippen LogP contribution in [-0.4, -0.2) is 42.1 Å². The van der Waals surface area contributed by atoms with Gasteiger partial charge in [-0.2, -0.15) is 0 Å². The van der Waals surface area contributed by atoms with E-state index in [9.17, 15) is 14.4 Å². The van der Waals surface area contributed by atoms with Crippen LogP contribution in [0, 0.1) is 6.92 Å². The van der Waals surface area contributed by atoms with Crippen molar-refractivity contribution in [3.8, 4) is 11.5 Å². The molecule has 0 aliphatic heterocycles. The number of hydrogen-bond acceptors (Lipinski definition) is 7. The van der Waals surface area contributed by atoms with Crippen molar-refractivity contribution in [3.05, 3.63) is 65.9 Å². The number of ether oxygens (including phenoxy) is 2. The van der Waals surface area contributed by atoms with Crippen LogP contribution in [0.1, 0.15) is 64.3 Å². The van der Waals surface area contributed by atoms with E-state index in [4.69, 9.17) is 14.0 Å². The van der Waals surface area contributed by atoms with Crippen LogP contribution in [0.25, 0.3) is 0 Å². The Balaban J connectivity index is 1.98. The average molecular weight is 551 g/mol. The second kappa shape index (κ2) is 13.6. The number of carbonyl (C=O) groups is 3. The highest BCUT2D eigenvalue weighted by atomic mass is 16.5. The lowest BCUT2D eigenvalue weighted by Gasteiger charge is -2.34. The van der Waals surface area contributed by atoms with Crippen LogP contribution in [0.3, 0.4) is 0 Å². The maximum atomic E-state index is 13.9. The third-order valence-corrected chi connectivity index (χ3v) is 6.44. The SMILES string of the molecule is CCOc1ccc(N(C(=O)CCC(=O)Nc2cc(C)on2)[C@@H](C(=O)NC(C)(C)CC)c2ccc(OC)cc2)cc1. The van der Waals surface area contributed by atoms with Gasteiger partial charge in [-0.05, 0) is 76.1 Å². The summed E-state index contributed by atoms with van der Waals surface area (Å²) < 4.78 is 15.9. The zero-order chi connectivity index (χ0) is 29.3. The lowest BCUT2D eigenvalue weighted by Crippen LogP contribution is -2.50. The van der Waals surface area contributed by atoms with Gasteiger partial charge in [-0.15, -0.1) is 0 Å². The molecule has 214 valence electrons. The minimum atomic E-state index is -1.01. The molecule has 0 fully saturated rings. The van der Waals surface area contributed by atoms with Crippen LogP contribution in [0.4, 0.5) is 11.5 Å². The number of amides is 3. The van der Waals surface area contributed by atoms with Gasteiger partial charge in [0.15, 0.2) is 5.82 Å². The summed E-state index contributed by atoms with van der Waals surface area (Å²) in [6.07, 6.45) is 0.426. The number of methoxy groups -OCH3 is 1. The largest absolute Gasteiger partial charge is 0.497 e. The standard InChI is InChI=1S/C30H38N4O6/c1-7-30(4,5)32-29(37)28(21-9-13-23(38-6)14-10-21)34(22-11-15-24(16-12-22)39-8-2)27(36)18-17-26(35)31-25-19-20(3)40-33-25/h9-16,19,28H,7-8,17-18H2,1-6H3,(H,32,37)(H,31,33,35)/t28-/m1/s1. The molecule has 0 radical (unpaired) electrons. The molecular formula is C30H38N4O6. The van der Waals surface area contributed by atoms with Crippen molar-refractivity contribution in [2.75, 3.05) is 23.9 Å². The molecule has 3 rings (SSSR count). The van der Waals surface area contributed by atoms with Crippen LogP contribution >= 0.6 is 0 Å². The summed E-state index contributed by atoms with van der Waals surface area (Å²) in [6.45, 7) is 9.92. The van der Waals surface area contributed by atoms with Gasteiger partial charge in [0, 0.05) is 30.1 Å². The van der Waals surface area contributed by atoms with Gasteiger partial charge < -0.3 is 24.6 Å². The van der Waals surface area contributed by atoms with E-state index in [0.29, 0.717) is 41.5 Å². The molecule has 2 aromatic carbocycles. The Hall–Kier alpha value is -4.34. The van der Waals surface area contributed by atoms with E-state index < -0.39 is 23.4 Å². The van der Waals surface area contributed by atoms with E-state index in [1.165, 1.54) is 4.90 Å². The zero-order valence-corrected chi connectivity index (χ0v) is 23.9. The molecule has 10 heteroatoms. The smallest absolute Gasteiger partial charge is 0.248 e. The molecule has 3 aromatic rings. The van der Waals surface area contributed by atoms with Crippen LogP contribution in [-0.2, 0) is 14.4 Å². The van der Waals surface area contributed by atoms with E-state index in [1.807, 2.05) is 27.7 Å². The second-order valence-electron chi connectivity index (χ2n) is 9.96.